The van der Waals surface area contributed by atoms with Crippen LogP contribution < -0.4 is 19.8 Å². The lowest BCUT2D eigenvalue weighted by atomic mass is 9.73. The van der Waals surface area contributed by atoms with Crippen LogP contribution in [0.2, 0.25) is 10.0 Å². The van der Waals surface area contributed by atoms with E-state index in [1.165, 1.54) is 11.3 Å². The first kappa shape index (κ1) is 36.9. The predicted molar refractivity (Wildman–Crippen MR) is 192 cm³/mol. The van der Waals surface area contributed by atoms with Crippen molar-refractivity contribution in [1.29, 1.82) is 0 Å². The molecule has 12 heteroatoms. The Kier molecular flexibility index (Phi) is 12.8. The second kappa shape index (κ2) is 17.0. The molecule has 0 amide bonds. The fourth-order valence-corrected chi connectivity index (χ4v) is 7.54. The van der Waals surface area contributed by atoms with Gasteiger partial charge in [-0.3, -0.25) is 4.79 Å². The number of hydrogen-bond acceptors (Lipinski definition) is 9. The molecule has 0 spiro atoms. The summed E-state index contributed by atoms with van der Waals surface area (Å²) in [5.74, 6) is 0.421. The van der Waals surface area contributed by atoms with Crippen molar-refractivity contribution >= 4 is 46.5 Å². The van der Waals surface area contributed by atoms with E-state index in [9.17, 15) is 9.59 Å². The molecule has 3 heterocycles. The maximum atomic E-state index is 13.7. The predicted octanol–water partition coefficient (Wildman–Crippen LogP) is 6.89. The molecule has 0 bridgehead atoms. The number of aromatic amines is 1. The van der Waals surface area contributed by atoms with Gasteiger partial charge in [-0.2, -0.15) is 0 Å². The molecule has 3 atom stereocenters. The molecule has 2 aromatic heterocycles. The second-order valence-corrected chi connectivity index (χ2v) is 14.7. The number of aromatic nitrogens is 1. The molecule has 2 unspecified atom stereocenters. The number of rotatable bonds is 14. The molecule has 49 heavy (non-hydrogen) atoms. The van der Waals surface area contributed by atoms with E-state index in [-0.39, 0.29) is 24.4 Å². The highest BCUT2D eigenvalue weighted by Gasteiger charge is 2.42. The highest BCUT2D eigenvalue weighted by Crippen LogP contribution is 2.37. The van der Waals surface area contributed by atoms with Gasteiger partial charge in [0.05, 0.1) is 19.6 Å². The van der Waals surface area contributed by atoms with Crippen molar-refractivity contribution in [3.63, 3.8) is 0 Å². The summed E-state index contributed by atoms with van der Waals surface area (Å²) in [4.78, 5) is 33.8. The molecule has 2 aliphatic rings. The molecule has 1 fully saturated rings. The van der Waals surface area contributed by atoms with Crippen LogP contribution >= 0.6 is 34.5 Å². The Balaban J connectivity index is 1.27. The molecule has 262 valence electrons. The number of hydrogen-bond donors (Lipinski definition) is 1. The topological polar surface area (TPSA) is 100 Å². The van der Waals surface area contributed by atoms with Gasteiger partial charge in [0, 0.05) is 43.0 Å². The van der Waals surface area contributed by atoms with Gasteiger partial charge >= 0.3 is 11.9 Å². The summed E-state index contributed by atoms with van der Waals surface area (Å²) in [5, 5.41) is 4.35. The van der Waals surface area contributed by atoms with E-state index in [1.807, 2.05) is 31.2 Å². The van der Waals surface area contributed by atoms with E-state index in [0.29, 0.717) is 50.6 Å². The van der Waals surface area contributed by atoms with Gasteiger partial charge in [-0.1, -0.05) is 53.6 Å². The Hall–Kier alpha value is -3.41. The monoisotopic (exact) mass is 728 g/mol. The number of halogens is 2. The Morgan fingerprint density at radius 3 is 2.47 bits per heavy atom. The minimum absolute atomic E-state index is 0.00987. The fraction of sp³-hybridized carbons (Fsp3) is 0.432. The summed E-state index contributed by atoms with van der Waals surface area (Å²) < 4.78 is 23.1. The summed E-state index contributed by atoms with van der Waals surface area (Å²) in [6.45, 7) is 4.73. The molecular weight excluding hydrogens is 685 g/mol. The van der Waals surface area contributed by atoms with Gasteiger partial charge in [-0.05, 0) is 69.0 Å². The number of allylic oxidation sites excluding steroid dienone is 4. The Bertz CT molecular complexity index is 1650. The van der Waals surface area contributed by atoms with Crippen LogP contribution in [0.4, 0.5) is 0 Å². The maximum Gasteiger partial charge on any atom is 0.348 e. The molecule has 1 aliphatic heterocycles. The number of pyridine rings is 1. The molecule has 0 saturated carbocycles. The SMILES string of the molecule is COc1ccc([C@H](Cc2c(Cl)c[nH+]cc2Cl)OC(=O)c2ccc(CNCC(C)(C(=O)OC3CCN(C)CC3)C3C=CC=CC3)s2)cc1OC. The Morgan fingerprint density at radius 1 is 1.06 bits per heavy atom. The number of esters is 2. The van der Waals surface area contributed by atoms with Gasteiger partial charge in [-0.15, -0.1) is 11.3 Å². The standard InChI is InChI=1S/C37H43Cl2N3O6S/c1-37(25-8-6-5-7-9-25,36(44)47-26-14-16-42(2)17-15-26)23-41-20-27-11-13-34(49-27)35(43)48-32(19-28-29(38)21-40-22-30(28)39)24-10-12-31(45-3)33(18-24)46-4/h5-8,10-13,18,21-22,25-26,32,41H,9,14-17,19-20,23H2,1-4H3/p+1/t25?,32-,37?/m0/s1. The van der Waals surface area contributed by atoms with E-state index in [2.05, 4.69) is 34.4 Å². The zero-order valence-corrected chi connectivity index (χ0v) is 30.6. The number of benzene rings is 1. The van der Waals surface area contributed by atoms with E-state index in [4.69, 9.17) is 42.1 Å². The van der Waals surface area contributed by atoms with Crippen molar-refractivity contribution in [3.8, 4) is 11.5 Å². The summed E-state index contributed by atoms with van der Waals surface area (Å²) >= 11 is 14.3. The molecule has 1 aromatic carbocycles. The number of piperidine rings is 1. The fourth-order valence-electron chi connectivity index (χ4n) is 6.15. The Morgan fingerprint density at radius 2 is 1.80 bits per heavy atom. The summed E-state index contributed by atoms with van der Waals surface area (Å²) in [6.07, 6.45) is 13.4. The van der Waals surface area contributed by atoms with E-state index in [1.54, 1.807) is 44.8 Å². The van der Waals surface area contributed by atoms with Crippen LogP contribution in [0.3, 0.4) is 0 Å². The Labute approximate surface area is 302 Å². The van der Waals surface area contributed by atoms with E-state index >= 15 is 0 Å². The molecule has 1 aliphatic carbocycles. The van der Waals surface area contributed by atoms with E-state index < -0.39 is 17.5 Å². The third-order valence-electron chi connectivity index (χ3n) is 9.27. The average Bonchev–Trinajstić information content (AvgIpc) is 3.59. The van der Waals surface area contributed by atoms with Gasteiger partial charge in [0.2, 0.25) is 0 Å². The lowest BCUT2D eigenvalue weighted by molar-refractivity contribution is -0.377. The number of carbonyl (C=O) groups excluding carboxylic acids is 2. The lowest BCUT2D eigenvalue weighted by Gasteiger charge is -2.37. The molecular formula is C37H44Cl2N3O6S+. The normalized spacial score (nSPS) is 18.4. The van der Waals surface area contributed by atoms with Gasteiger partial charge < -0.3 is 29.2 Å². The van der Waals surface area contributed by atoms with Crippen molar-refractivity contribution in [3.05, 3.63) is 98.0 Å². The van der Waals surface area contributed by atoms with Gasteiger partial charge in [0.25, 0.3) is 0 Å². The molecule has 3 aromatic rings. The van der Waals surface area contributed by atoms with Gasteiger partial charge in [0.15, 0.2) is 23.9 Å². The summed E-state index contributed by atoms with van der Waals surface area (Å²) in [6, 6.07) is 9.03. The molecule has 2 N–H and O–H groups in total. The second-order valence-electron chi connectivity index (χ2n) is 12.7. The van der Waals surface area contributed by atoms with Crippen LogP contribution in [0.1, 0.15) is 58.0 Å². The van der Waals surface area contributed by atoms with Crippen molar-refractivity contribution in [2.75, 3.05) is 40.9 Å². The van der Waals surface area contributed by atoms with Crippen molar-refractivity contribution in [1.82, 2.24) is 10.2 Å². The molecule has 1 saturated heterocycles. The first-order valence-corrected chi connectivity index (χ1v) is 18.0. The van der Waals surface area contributed by atoms with Crippen LogP contribution in [-0.4, -0.2) is 63.8 Å². The average molecular weight is 730 g/mol. The molecule has 9 nitrogen and oxygen atoms in total. The van der Waals surface area contributed by atoms with Gasteiger partial charge in [0.1, 0.15) is 27.1 Å². The number of H-pyrrole nitrogens is 1. The number of ether oxygens (including phenoxy) is 4. The first-order chi connectivity index (χ1) is 23.6. The number of likely N-dealkylation sites (tertiary alicyclic amines) is 1. The molecule has 0 radical (unpaired) electrons. The quantitative estimate of drug-likeness (QED) is 0.179. The zero-order valence-electron chi connectivity index (χ0n) is 28.3. The van der Waals surface area contributed by atoms with Crippen molar-refractivity contribution < 1.29 is 33.5 Å². The highest BCUT2D eigenvalue weighted by molar-refractivity contribution is 7.13. The van der Waals surface area contributed by atoms with Gasteiger partial charge in [-0.25, -0.2) is 9.78 Å². The summed E-state index contributed by atoms with van der Waals surface area (Å²) in [7, 11) is 5.20. The number of thiophene rings is 1. The van der Waals surface area contributed by atoms with E-state index in [0.717, 1.165) is 37.2 Å². The van der Waals surface area contributed by atoms with Crippen LogP contribution in [0.15, 0.2) is 67.0 Å². The third-order valence-corrected chi connectivity index (χ3v) is 11.0. The number of methoxy groups -OCH3 is 2. The molecule has 5 rings (SSSR count). The van der Waals surface area contributed by atoms with Crippen LogP contribution in [0, 0.1) is 11.3 Å². The third kappa shape index (κ3) is 9.23. The minimum atomic E-state index is -0.756. The van der Waals surface area contributed by atoms with Crippen molar-refractivity contribution in [2.24, 2.45) is 11.3 Å². The minimum Gasteiger partial charge on any atom is -0.493 e. The number of nitrogens with zero attached hydrogens (tertiary/aromatic N) is 1. The van der Waals surface area contributed by atoms with Crippen molar-refractivity contribution in [2.45, 2.75) is 51.4 Å². The number of nitrogens with one attached hydrogen (secondary N) is 2. The highest BCUT2D eigenvalue weighted by atomic mass is 35.5. The summed E-state index contributed by atoms with van der Waals surface area (Å²) in [5.41, 5.74) is 0.586. The number of carbonyl (C=O) groups is 2. The lowest BCUT2D eigenvalue weighted by Crippen LogP contribution is -2.47. The maximum absolute atomic E-state index is 13.7. The van der Waals surface area contributed by atoms with Crippen LogP contribution in [0.25, 0.3) is 0 Å². The largest absolute Gasteiger partial charge is 0.493 e. The zero-order chi connectivity index (χ0) is 35.0. The van der Waals surface area contributed by atoms with Crippen LogP contribution in [-0.2, 0) is 27.2 Å². The smallest absolute Gasteiger partial charge is 0.348 e. The first-order valence-electron chi connectivity index (χ1n) is 16.4. The van der Waals surface area contributed by atoms with Crippen LogP contribution in [0.5, 0.6) is 11.5 Å².